The van der Waals surface area contributed by atoms with Gasteiger partial charge in [0, 0.05) is 31.3 Å². The van der Waals surface area contributed by atoms with Crippen LogP contribution in [0, 0.1) is 6.92 Å². The average Bonchev–Trinajstić information content (AvgIpc) is 3.40. The van der Waals surface area contributed by atoms with E-state index in [0.717, 1.165) is 43.0 Å². The summed E-state index contributed by atoms with van der Waals surface area (Å²) in [7, 11) is 0. The molecule has 3 aromatic rings. The van der Waals surface area contributed by atoms with Crippen LogP contribution in [0.5, 0.6) is 0 Å². The third-order valence-electron chi connectivity index (χ3n) is 7.51. The Hall–Kier alpha value is -2.70. The van der Waals surface area contributed by atoms with Crippen LogP contribution in [-0.4, -0.2) is 46.0 Å². The van der Waals surface area contributed by atoms with Gasteiger partial charge in [0.05, 0.1) is 18.8 Å². The summed E-state index contributed by atoms with van der Waals surface area (Å²) in [5, 5.41) is 11.1. The molecule has 0 spiro atoms. The third kappa shape index (κ3) is 8.41. The van der Waals surface area contributed by atoms with E-state index in [1.165, 1.54) is 69.0 Å². The van der Waals surface area contributed by atoms with E-state index in [1.807, 2.05) is 13.0 Å². The second kappa shape index (κ2) is 14.9. The van der Waals surface area contributed by atoms with E-state index in [-0.39, 0.29) is 0 Å². The second-order valence-electron chi connectivity index (χ2n) is 10.5. The molecule has 6 heteroatoms. The molecule has 3 heterocycles. The van der Waals surface area contributed by atoms with Crippen LogP contribution in [0.3, 0.4) is 0 Å². The van der Waals surface area contributed by atoms with Gasteiger partial charge in [-0.25, -0.2) is 9.97 Å². The standard InChI is InChI=1S/C31H43N5O/c1-3-4-5-6-7-8-11-25-13-15-26(16-14-25)28-17-20-32-29(28)23-37-21-9-12-27-22-24(2)35-36-30(27)31-33-18-10-19-34-31/h10,13-16,18-19,22,28-29,32H,3-9,11-12,17,20-21,23H2,1-2H3/p+1/t28-,29-/m1/s1. The van der Waals surface area contributed by atoms with Crippen molar-refractivity contribution < 1.29 is 10.1 Å². The SMILES string of the molecule is CCCCCCCCc1ccc([C@H]2CC[NH2+][C@@H]2COCCCc2cc(C)nnc2-c2ncccn2)cc1. The zero-order chi connectivity index (χ0) is 25.7. The summed E-state index contributed by atoms with van der Waals surface area (Å²) in [5.41, 5.74) is 5.77. The van der Waals surface area contributed by atoms with Gasteiger partial charge in [0.1, 0.15) is 11.7 Å². The molecule has 1 fully saturated rings. The fourth-order valence-electron chi connectivity index (χ4n) is 5.43. The smallest absolute Gasteiger partial charge is 0.180 e. The van der Waals surface area contributed by atoms with Crippen LogP contribution >= 0.6 is 0 Å². The van der Waals surface area contributed by atoms with E-state index in [2.05, 4.69) is 62.7 Å². The maximum absolute atomic E-state index is 6.19. The van der Waals surface area contributed by atoms with Crippen molar-refractivity contribution in [3.8, 4) is 11.5 Å². The molecular formula is C31H44N5O+. The monoisotopic (exact) mass is 502 g/mol. The molecule has 198 valence electrons. The predicted octanol–water partition coefficient (Wildman–Crippen LogP) is 5.21. The Kier molecular flexibility index (Phi) is 11.0. The molecule has 37 heavy (non-hydrogen) atoms. The van der Waals surface area contributed by atoms with Crippen molar-refractivity contribution in [2.75, 3.05) is 19.8 Å². The Bertz CT molecular complexity index is 1060. The normalized spacial score (nSPS) is 17.4. The Morgan fingerprint density at radius 1 is 0.919 bits per heavy atom. The molecule has 2 N–H and O–H groups in total. The van der Waals surface area contributed by atoms with Crippen LogP contribution in [0.2, 0.25) is 0 Å². The Labute approximate surface area is 222 Å². The highest BCUT2D eigenvalue weighted by Gasteiger charge is 2.32. The van der Waals surface area contributed by atoms with Crippen molar-refractivity contribution in [3.63, 3.8) is 0 Å². The molecule has 1 aliphatic heterocycles. The number of quaternary nitrogens is 1. The number of hydrogen-bond acceptors (Lipinski definition) is 5. The van der Waals surface area contributed by atoms with E-state index in [1.54, 1.807) is 12.4 Å². The molecule has 1 saturated heterocycles. The molecule has 1 aromatic carbocycles. The van der Waals surface area contributed by atoms with Crippen LogP contribution in [0.25, 0.3) is 11.5 Å². The van der Waals surface area contributed by atoms with Gasteiger partial charge in [-0.1, -0.05) is 63.3 Å². The lowest BCUT2D eigenvalue weighted by molar-refractivity contribution is -0.673. The minimum absolute atomic E-state index is 0.502. The number of aromatic nitrogens is 4. The first-order chi connectivity index (χ1) is 18.2. The molecule has 0 saturated carbocycles. The van der Waals surface area contributed by atoms with E-state index < -0.39 is 0 Å². The lowest BCUT2D eigenvalue weighted by Gasteiger charge is -2.17. The summed E-state index contributed by atoms with van der Waals surface area (Å²) < 4.78 is 6.19. The van der Waals surface area contributed by atoms with E-state index in [4.69, 9.17) is 4.74 Å². The van der Waals surface area contributed by atoms with E-state index in [9.17, 15) is 0 Å². The summed E-state index contributed by atoms with van der Waals surface area (Å²) >= 11 is 0. The highest BCUT2D eigenvalue weighted by Crippen LogP contribution is 2.26. The topological polar surface area (TPSA) is 77.4 Å². The van der Waals surface area contributed by atoms with Crippen LogP contribution < -0.4 is 5.32 Å². The highest BCUT2D eigenvalue weighted by atomic mass is 16.5. The quantitative estimate of drug-likeness (QED) is 0.289. The first kappa shape index (κ1) is 27.3. The van der Waals surface area contributed by atoms with Crippen molar-refractivity contribution in [2.24, 2.45) is 0 Å². The van der Waals surface area contributed by atoms with Gasteiger partial charge in [-0.05, 0) is 61.4 Å². The van der Waals surface area contributed by atoms with Gasteiger partial charge in [0.15, 0.2) is 5.82 Å². The molecule has 0 aliphatic carbocycles. The van der Waals surface area contributed by atoms with E-state index in [0.29, 0.717) is 17.8 Å². The number of aryl methyl sites for hydroxylation is 3. The van der Waals surface area contributed by atoms with Crippen LogP contribution in [0.4, 0.5) is 0 Å². The number of hydrogen-bond donors (Lipinski definition) is 1. The van der Waals surface area contributed by atoms with Gasteiger partial charge < -0.3 is 10.1 Å². The fraction of sp³-hybridized carbons (Fsp3) is 0.548. The van der Waals surface area contributed by atoms with Crippen LogP contribution in [0.1, 0.15) is 86.6 Å². The molecule has 0 bridgehead atoms. The van der Waals surface area contributed by atoms with Gasteiger partial charge in [-0.2, -0.15) is 5.10 Å². The molecule has 0 radical (unpaired) electrons. The van der Waals surface area contributed by atoms with Crippen molar-refractivity contribution in [1.82, 2.24) is 20.2 Å². The summed E-state index contributed by atoms with van der Waals surface area (Å²) in [6.45, 7) is 6.97. The number of unbranched alkanes of at least 4 members (excludes halogenated alkanes) is 5. The molecule has 4 rings (SSSR count). The van der Waals surface area contributed by atoms with Crippen molar-refractivity contribution >= 4 is 0 Å². The summed E-state index contributed by atoms with van der Waals surface area (Å²) in [6, 6.07) is 13.9. The molecule has 1 aliphatic rings. The lowest BCUT2D eigenvalue weighted by atomic mass is 9.91. The molecular weight excluding hydrogens is 458 g/mol. The molecule has 0 unspecified atom stereocenters. The molecule has 2 atom stereocenters. The fourth-order valence-corrected chi connectivity index (χ4v) is 5.43. The van der Waals surface area contributed by atoms with Crippen molar-refractivity contribution in [3.05, 3.63) is 71.2 Å². The summed E-state index contributed by atoms with van der Waals surface area (Å²) in [4.78, 5) is 8.72. The minimum atomic E-state index is 0.502. The van der Waals surface area contributed by atoms with Gasteiger partial charge in [-0.15, -0.1) is 5.10 Å². The largest absolute Gasteiger partial charge is 0.375 e. The maximum Gasteiger partial charge on any atom is 0.180 e. The maximum atomic E-state index is 6.19. The molecule has 6 nitrogen and oxygen atoms in total. The van der Waals surface area contributed by atoms with Crippen molar-refractivity contribution in [2.45, 2.75) is 90.0 Å². The predicted molar refractivity (Wildman–Crippen MR) is 148 cm³/mol. The van der Waals surface area contributed by atoms with Gasteiger partial charge in [-0.3, -0.25) is 0 Å². The van der Waals surface area contributed by atoms with Gasteiger partial charge >= 0.3 is 0 Å². The number of benzene rings is 1. The Balaban J connectivity index is 1.20. The van der Waals surface area contributed by atoms with E-state index >= 15 is 0 Å². The number of ether oxygens (including phenoxy) is 1. The highest BCUT2D eigenvalue weighted by molar-refractivity contribution is 5.53. The summed E-state index contributed by atoms with van der Waals surface area (Å²) in [5.74, 6) is 1.21. The molecule has 2 aromatic heterocycles. The lowest BCUT2D eigenvalue weighted by Crippen LogP contribution is -2.88. The van der Waals surface area contributed by atoms with Gasteiger partial charge in [0.25, 0.3) is 0 Å². The summed E-state index contributed by atoms with van der Waals surface area (Å²) in [6.07, 6.45) is 15.9. The van der Waals surface area contributed by atoms with Gasteiger partial charge in [0.2, 0.25) is 0 Å². The van der Waals surface area contributed by atoms with Crippen LogP contribution in [0.15, 0.2) is 48.8 Å². The number of rotatable bonds is 15. The van der Waals surface area contributed by atoms with Crippen LogP contribution in [-0.2, 0) is 17.6 Å². The first-order valence-corrected chi connectivity index (χ1v) is 14.3. The Morgan fingerprint density at radius 2 is 1.70 bits per heavy atom. The third-order valence-corrected chi connectivity index (χ3v) is 7.51. The second-order valence-corrected chi connectivity index (χ2v) is 10.5. The average molecular weight is 503 g/mol. The number of nitrogens with zero attached hydrogens (tertiary/aromatic N) is 4. The zero-order valence-electron chi connectivity index (χ0n) is 22.7. The van der Waals surface area contributed by atoms with Crippen molar-refractivity contribution in [1.29, 1.82) is 0 Å². The first-order valence-electron chi connectivity index (χ1n) is 14.3. The zero-order valence-corrected chi connectivity index (χ0v) is 22.7. The minimum Gasteiger partial charge on any atom is -0.375 e. The number of nitrogens with two attached hydrogens (primary N) is 1. The Morgan fingerprint density at radius 3 is 2.51 bits per heavy atom. The molecule has 0 amide bonds.